The molecule has 1 rings (SSSR count). The van der Waals surface area contributed by atoms with E-state index in [0.29, 0.717) is 24.7 Å². The van der Waals surface area contributed by atoms with Gasteiger partial charge < -0.3 is 9.84 Å². The van der Waals surface area contributed by atoms with Crippen LogP contribution < -0.4 is 0 Å². The summed E-state index contributed by atoms with van der Waals surface area (Å²) < 4.78 is 5.26. The molecule has 1 aliphatic rings. The second-order valence-corrected chi connectivity index (χ2v) is 5.02. The first-order chi connectivity index (χ1) is 8.11. The molecule has 1 saturated heterocycles. The van der Waals surface area contributed by atoms with E-state index in [1.165, 1.54) is 5.54 Å². The van der Waals surface area contributed by atoms with Crippen LogP contribution in [0.2, 0.25) is 0 Å². The first-order valence-corrected chi connectivity index (χ1v) is 6.54. The SMILES string of the molecule is CN(CC(Cl)=CCl)CC(O)CN1CCOCC1. The number of aliphatic hydroxyl groups is 1. The lowest BCUT2D eigenvalue weighted by atomic mass is 10.3. The van der Waals surface area contributed by atoms with E-state index in [-0.39, 0.29) is 6.10 Å². The Morgan fingerprint density at radius 1 is 1.53 bits per heavy atom. The van der Waals surface area contributed by atoms with E-state index in [0.717, 1.165) is 26.3 Å². The molecule has 0 spiro atoms. The fourth-order valence-electron chi connectivity index (χ4n) is 1.86. The standard InChI is InChI=1S/C11H20Cl2N2O2/c1-14(7-10(13)6-12)8-11(16)9-15-2-4-17-5-3-15/h6,11,16H,2-5,7-9H2,1H3. The van der Waals surface area contributed by atoms with Gasteiger partial charge in [0.15, 0.2) is 0 Å². The number of morpholine rings is 1. The van der Waals surface area contributed by atoms with E-state index < -0.39 is 0 Å². The van der Waals surface area contributed by atoms with Crippen molar-refractivity contribution in [2.75, 3.05) is 53.0 Å². The summed E-state index contributed by atoms with van der Waals surface area (Å²) in [6.45, 7) is 5.11. The summed E-state index contributed by atoms with van der Waals surface area (Å²) in [5.41, 5.74) is 1.35. The number of hydrogen-bond acceptors (Lipinski definition) is 4. The third-order valence-electron chi connectivity index (χ3n) is 2.63. The van der Waals surface area contributed by atoms with Crippen LogP contribution in [0.3, 0.4) is 0 Å². The summed E-state index contributed by atoms with van der Waals surface area (Å²) in [5.74, 6) is 0. The molecule has 1 atom stereocenters. The van der Waals surface area contributed by atoms with E-state index in [1.807, 2.05) is 11.9 Å². The normalized spacial score (nSPS) is 20.9. The maximum atomic E-state index is 9.94. The smallest absolute Gasteiger partial charge is 0.0793 e. The summed E-state index contributed by atoms with van der Waals surface area (Å²) in [5, 5.41) is 10.5. The Kier molecular flexibility index (Phi) is 7.43. The first-order valence-electron chi connectivity index (χ1n) is 5.73. The molecule has 17 heavy (non-hydrogen) atoms. The predicted molar refractivity (Wildman–Crippen MR) is 70.6 cm³/mol. The molecule has 0 aromatic carbocycles. The number of nitrogens with zero attached hydrogens (tertiary/aromatic N) is 2. The summed E-state index contributed by atoms with van der Waals surface area (Å²) in [7, 11) is 1.91. The molecule has 1 aliphatic heterocycles. The molecule has 4 nitrogen and oxygen atoms in total. The molecule has 1 heterocycles. The fourth-order valence-corrected chi connectivity index (χ4v) is 2.13. The summed E-state index contributed by atoms with van der Waals surface area (Å²) in [6, 6.07) is 0. The number of β-amino-alcohol motifs (C(OH)–C–C–N with tert-alkyl or cyclic N) is 1. The van der Waals surface area contributed by atoms with Gasteiger partial charge in [0.2, 0.25) is 0 Å². The monoisotopic (exact) mass is 282 g/mol. The van der Waals surface area contributed by atoms with E-state index in [2.05, 4.69) is 4.90 Å². The summed E-state index contributed by atoms with van der Waals surface area (Å²) >= 11 is 11.3. The van der Waals surface area contributed by atoms with Crippen molar-refractivity contribution in [2.45, 2.75) is 6.10 Å². The second kappa shape index (κ2) is 8.29. The highest BCUT2D eigenvalue weighted by Gasteiger charge is 2.16. The van der Waals surface area contributed by atoms with Crippen LogP contribution in [-0.4, -0.2) is 74.0 Å². The average Bonchev–Trinajstić information content (AvgIpc) is 2.29. The molecule has 1 fully saturated rings. The van der Waals surface area contributed by atoms with E-state index in [9.17, 15) is 5.11 Å². The predicted octanol–water partition coefficient (Wildman–Crippen LogP) is 0.930. The molecule has 0 saturated carbocycles. The lowest BCUT2D eigenvalue weighted by molar-refractivity contribution is 0.00931. The summed E-state index contributed by atoms with van der Waals surface area (Å²) in [4.78, 5) is 4.16. The van der Waals surface area contributed by atoms with Crippen LogP contribution in [0.4, 0.5) is 0 Å². The van der Waals surface area contributed by atoms with Crippen molar-refractivity contribution in [3.63, 3.8) is 0 Å². The van der Waals surface area contributed by atoms with Crippen LogP contribution >= 0.6 is 23.2 Å². The molecule has 0 amide bonds. The highest BCUT2D eigenvalue weighted by molar-refractivity contribution is 6.36. The Balaban J connectivity index is 2.20. The van der Waals surface area contributed by atoms with E-state index >= 15 is 0 Å². The van der Waals surface area contributed by atoms with Crippen LogP contribution in [0.1, 0.15) is 0 Å². The molecule has 6 heteroatoms. The maximum Gasteiger partial charge on any atom is 0.0793 e. The molecular weight excluding hydrogens is 263 g/mol. The fraction of sp³-hybridized carbons (Fsp3) is 0.818. The quantitative estimate of drug-likeness (QED) is 0.786. The number of rotatable bonds is 6. The molecule has 0 aromatic heterocycles. The lowest BCUT2D eigenvalue weighted by Crippen LogP contribution is -2.44. The van der Waals surface area contributed by atoms with Gasteiger partial charge in [0.25, 0.3) is 0 Å². The minimum atomic E-state index is -0.377. The molecule has 1 N–H and O–H groups in total. The van der Waals surface area contributed by atoms with Gasteiger partial charge >= 0.3 is 0 Å². The van der Waals surface area contributed by atoms with E-state index in [1.54, 1.807) is 0 Å². The van der Waals surface area contributed by atoms with Crippen molar-refractivity contribution in [1.29, 1.82) is 0 Å². The van der Waals surface area contributed by atoms with Gasteiger partial charge in [-0.15, -0.1) is 0 Å². The molecular formula is C11H20Cl2N2O2. The second-order valence-electron chi connectivity index (χ2n) is 4.32. The number of ether oxygens (including phenoxy) is 1. The van der Waals surface area contributed by atoms with Crippen molar-refractivity contribution < 1.29 is 9.84 Å². The highest BCUT2D eigenvalue weighted by atomic mass is 35.5. The Morgan fingerprint density at radius 2 is 2.18 bits per heavy atom. The van der Waals surface area contributed by atoms with Crippen molar-refractivity contribution in [2.24, 2.45) is 0 Å². The molecule has 0 bridgehead atoms. The topological polar surface area (TPSA) is 35.9 Å². The van der Waals surface area contributed by atoms with Crippen LogP contribution in [0.25, 0.3) is 0 Å². The third-order valence-corrected chi connectivity index (χ3v) is 3.24. The van der Waals surface area contributed by atoms with Crippen LogP contribution in [-0.2, 0) is 4.74 Å². The number of aliphatic hydroxyl groups excluding tert-OH is 1. The van der Waals surface area contributed by atoms with Crippen molar-refractivity contribution in [3.8, 4) is 0 Å². The lowest BCUT2D eigenvalue weighted by Gasteiger charge is -2.30. The van der Waals surface area contributed by atoms with Crippen LogP contribution in [0.15, 0.2) is 10.6 Å². The van der Waals surface area contributed by atoms with Gasteiger partial charge in [-0.2, -0.15) is 0 Å². The minimum absolute atomic E-state index is 0.377. The molecule has 0 aromatic rings. The minimum Gasteiger partial charge on any atom is -0.390 e. The van der Waals surface area contributed by atoms with Crippen molar-refractivity contribution in [3.05, 3.63) is 10.6 Å². The largest absolute Gasteiger partial charge is 0.390 e. The highest BCUT2D eigenvalue weighted by Crippen LogP contribution is 2.06. The van der Waals surface area contributed by atoms with Gasteiger partial charge in [-0.05, 0) is 7.05 Å². The Morgan fingerprint density at radius 3 is 2.76 bits per heavy atom. The Hall–Kier alpha value is 0.160. The Labute approximate surface area is 113 Å². The first kappa shape index (κ1) is 15.2. The van der Waals surface area contributed by atoms with E-state index in [4.69, 9.17) is 27.9 Å². The van der Waals surface area contributed by atoms with Gasteiger partial charge in [-0.25, -0.2) is 0 Å². The number of halogens is 2. The van der Waals surface area contributed by atoms with Gasteiger partial charge in [-0.1, -0.05) is 23.2 Å². The van der Waals surface area contributed by atoms with Gasteiger partial charge in [0.1, 0.15) is 0 Å². The van der Waals surface area contributed by atoms with Crippen molar-refractivity contribution >= 4 is 23.2 Å². The number of hydrogen-bond donors (Lipinski definition) is 1. The molecule has 0 radical (unpaired) electrons. The van der Waals surface area contributed by atoms with Crippen molar-refractivity contribution in [1.82, 2.24) is 9.80 Å². The average molecular weight is 283 g/mol. The van der Waals surface area contributed by atoms with Gasteiger partial charge in [0, 0.05) is 43.3 Å². The zero-order valence-electron chi connectivity index (χ0n) is 10.1. The number of likely N-dealkylation sites (N-methyl/N-ethyl adjacent to an activating group) is 1. The Bertz CT molecular complexity index is 246. The maximum absolute atomic E-state index is 9.94. The van der Waals surface area contributed by atoms with Gasteiger partial charge in [-0.3, -0.25) is 9.80 Å². The van der Waals surface area contributed by atoms with Crippen LogP contribution in [0, 0.1) is 0 Å². The molecule has 1 unspecified atom stereocenters. The zero-order chi connectivity index (χ0) is 12.7. The molecule has 0 aliphatic carbocycles. The van der Waals surface area contributed by atoms with Crippen LogP contribution in [0.5, 0.6) is 0 Å². The third kappa shape index (κ3) is 6.60. The zero-order valence-corrected chi connectivity index (χ0v) is 11.6. The summed E-state index contributed by atoms with van der Waals surface area (Å²) in [6.07, 6.45) is -0.377. The molecule has 100 valence electrons. The van der Waals surface area contributed by atoms with Gasteiger partial charge in [0.05, 0.1) is 19.3 Å².